The van der Waals surface area contributed by atoms with Crippen molar-refractivity contribution < 1.29 is 0 Å². The van der Waals surface area contributed by atoms with Crippen LogP contribution < -0.4 is 4.90 Å². The van der Waals surface area contributed by atoms with E-state index in [1.165, 1.54) is 0 Å². The van der Waals surface area contributed by atoms with Crippen molar-refractivity contribution in [3.8, 4) is 0 Å². The van der Waals surface area contributed by atoms with Crippen LogP contribution in [-0.4, -0.2) is 47.8 Å². The van der Waals surface area contributed by atoms with Crippen molar-refractivity contribution in [3.63, 3.8) is 0 Å². The summed E-state index contributed by atoms with van der Waals surface area (Å²) in [5, 5.41) is 13.6. The average molecular weight is 326 g/mol. The van der Waals surface area contributed by atoms with Crippen molar-refractivity contribution in [2.24, 2.45) is 0 Å². The lowest BCUT2D eigenvalue weighted by Crippen LogP contribution is -2.35. The van der Waals surface area contributed by atoms with Crippen LogP contribution in [0.1, 0.15) is 39.7 Å². The molecule has 4 heterocycles. The fourth-order valence-electron chi connectivity index (χ4n) is 3.33. The van der Waals surface area contributed by atoms with E-state index in [9.17, 15) is 0 Å². The van der Waals surface area contributed by atoms with Crippen LogP contribution in [0.25, 0.3) is 11.0 Å². The van der Waals surface area contributed by atoms with E-state index in [1.807, 2.05) is 21.8 Å². The first-order chi connectivity index (χ1) is 11.5. The second-order valence-electron chi connectivity index (χ2n) is 7.26. The lowest BCUT2D eigenvalue weighted by molar-refractivity contribution is 0.359. The number of nitrogens with zero attached hydrogens (tertiary/aromatic N) is 8. The Balaban J connectivity index is 1.60. The molecule has 8 heteroatoms. The van der Waals surface area contributed by atoms with Crippen LogP contribution in [0.15, 0.2) is 24.9 Å². The highest BCUT2D eigenvalue weighted by Crippen LogP contribution is 2.30. The highest BCUT2D eigenvalue weighted by molar-refractivity contribution is 5.86. The molecule has 1 aliphatic heterocycles. The van der Waals surface area contributed by atoms with Crippen molar-refractivity contribution in [1.29, 1.82) is 0 Å². The first-order valence-electron chi connectivity index (χ1n) is 8.34. The third-order valence-electron chi connectivity index (χ3n) is 4.56. The Morgan fingerprint density at radius 1 is 1.12 bits per heavy atom. The zero-order valence-corrected chi connectivity index (χ0v) is 14.3. The van der Waals surface area contributed by atoms with E-state index < -0.39 is 0 Å². The molecule has 0 atom stereocenters. The van der Waals surface area contributed by atoms with Crippen LogP contribution >= 0.6 is 0 Å². The van der Waals surface area contributed by atoms with Crippen LogP contribution in [0.4, 0.5) is 5.82 Å². The second kappa shape index (κ2) is 5.54. The SMILES string of the molecule is CC(C)(C)n1ncc2c(N3CCC(n4ccnn4)CC3)ncnc21. The number of hydrogen-bond donors (Lipinski definition) is 0. The number of anilines is 1. The van der Waals surface area contributed by atoms with E-state index in [4.69, 9.17) is 0 Å². The molecule has 3 aromatic rings. The molecular formula is C16H22N8. The zero-order chi connectivity index (χ0) is 16.7. The van der Waals surface area contributed by atoms with E-state index in [0.717, 1.165) is 42.8 Å². The fraction of sp³-hybridized carbons (Fsp3) is 0.562. The molecule has 0 aliphatic carbocycles. The third kappa shape index (κ3) is 2.51. The fourth-order valence-corrected chi connectivity index (χ4v) is 3.33. The molecule has 0 N–H and O–H groups in total. The van der Waals surface area contributed by atoms with Crippen LogP contribution in [0, 0.1) is 0 Å². The molecule has 0 aromatic carbocycles. The van der Waals surface area contributed by atoms with Gasteiger partial charge in [-0.15, -0.1) is 5.10 Å². The Labute approximate surface area is 140 Å². The molecule has 3 aromatic heterocycles. The predicted molar refractivity (Wildman–Crippen MR) is 90.8 cm³/mol. The Hall–Kier alpha value is -2.51. The Bertz CT molecular complexity index is 822. The number of rotatable bonds is 2. The number of aromatic nitrogens is 7. The molecule has 1 saturated heterocycles. The molecule has 1 aliphatic rings. The Morgan fingerprint density at radius 2 is 1.92 bits per heavy atom. The summed E-state index contributed by atoms with van der Waals surface area (Å²) in [6.45, 7) is 8.27. The number of fused-ring (bicyclic) bond motifs is 1. The normalized spacial score (nSPS) is 16.9. The van der Waals surface area contributed by atoms with Gasteiger partial charge in [0.1, 0.15) is 12.1 Å². The lowest BCUT2D eigenvalue weighted by Gasteiger charge is -2.32. The summed E-state index contributed by atoms with van der Waals surface area (Å²) in [4.78, 5) is 11.3. The Morgan fingerprint density at radius 3 is 2.58 bits per heavy atom. The molecule has 0 spiro atoms. The maximum Gasteiger partial charge on any atom is 0.163 e. The molecule has 0 unspecified atom stereocenters. The van der Waals surface area contributed by atoms with Gasteiger partial charge in [0.05, 0.1) is 29.4 Å². The van der Waals surface area contributed by atoms with E-state index in [1.54, 1.807) is 12.5 Å². The summed E-state index contributed by atoms with van der Waals surface area (Å²) in [5.41, 5.74) is 0.791. The van der Waals surface area contributed by atoms with Crippen molar-refractivity contribution >= 4 is 16.9 Å². The predicted octanol–water partition coefficient (Wildman–Crippen LogP) is 2.01. The Kier molecular flexibility index (Phi) is 3.47. The summed E-state index contributed by atoms with van der Waals surface area (Å²) in [6, 6.07) is 0.415. The molecule has 0 bridgehead atoms. The number of hydrogen-bond acceptors (Lipinski definition) is 6. The summed E-state index contributed by atoms with van der Waals surface area (Å²) in [6.07, 6.45) is 9.27. The van der Waals surface area contributed by atoms with Crippen molar-refractivity contribution in [3.05, 3.63) is 24.9 Å². The van der Waals surface area contributed by atoms with Gasteiger partial charge in [-0.2, -0.15) is 5.10 Å². The quantitative estimate of drug-likeness (QED) is 0.717. The maximum atomic E-state index is 4.54. The van der Waals surface area contributed by atoms with E-state index in [0.29, 0.717) is 6.04 Å². The smallest absolute Gasteiger partial charge is 0.163 e. The standard InChI is InChI=1S/C16H22N8/c1-16(2,3)24-15-13(10-20-24)14(17-11-18-15)22-7-4-12(5-8-22)23-9-6-19-21-23/h6,9-12H,4-5,7-8H2,1-3H3. The minimum absolute atomic E-state index is 0.104. The largest absolute Gasteiger partial charge is 0.356 e. The van der Waals surface area contributed by atoms with Gasteiger partial charge in [-0.3, -0.25) is 0 Å². The van der Waals surface area contributed by atoms with E-state index in [2.05, 4.69) is 51.0 Å². The van der Waals surface area contributed by atoms with Crippen LogP contribution in [-0.2, 0) is 5.54 Å². The second-order valence-corrected chi connectivity index (χ2v) is 7.26. The van der Waals surface area contributed by atoms with Crippen LogP contribution in [0.2, 0.25) is 0 Å². The third-order valence-corrected chi connectivity index (χ3v) is 4.56. The van der Waals surface area contributed by atoms with Crippen LogP contribution in [0.5, 0.6) is 0 Å². The first-order valence-corrected chi connectivity index (χ1v) is 8.34. The van der Waals surface area contributed by atoms with Gasteiger partial charge in [-0.05, 0) is 33.6 Å². The van der Waals surface area contributed by atoms with Gasteiger partial charge in [0.25, 0.3) is 0 Å². The summed E-state index contributed by atoms with van der Waals surface area (Å²) < 4.78 is 3.93. The highest BCUT2D eigenvalue weighted by Gasteiger charge is 2.25. The minimum atomic E-state index is -0.104. The molecule has 4 rings (SSSR count). The summed E-state index contributed by atoms with van der Waals surface area (Å²) in [7, 11) is 0. The molecule has 0 amide bonds. The average Bonchev–Trinajstić information content (AvgIpc) is 3.23. The van der Waals surface area contributed by atoms with Crippen molar-refractivity contribution in [2.45, 2.75) is 45.2 Å². The molecule has 1 fully saturated rings. The summed E-state index contributed by atoms with van der Waals surface area (Å²) >= 11 is 0. The van der Waals surface area contributed by atoms with Gasteiger partial charge in [-0.1, -0.05) is 5.21 Å². The highest BCUT2D eigenvalue weighted by atomic mass is 15.4. The van der Waals surface area contributed by atoms with E-state index in [-0.39, 0.29) is 5.54 Å². The number of piperidine rings is 1. The monoisotopic (exact) mass is 326 g/mol. The maximum absolute atomic E-state index is 4.54. The zero-order valence-electron chi connectivity index (χ0n) is 14.3. The first kappa shape index (κ1) is 15.0. The lowest BCUT2D eigenvalue weighted by atomic mass is 10.1. The van der Waals surface area contributed by atoms with Crippen molar-refractivity contribution in [1.82, 2.24) is 34.7 Å². The minimum Gasteiger partial charge on any atom is -0.356 e. The molecule has 126 valence electrons. The van der Waals surface area contributed by atoms with Crippen LogP contribution in [0.3, 0.4) is 0 Å². The molecule has 8 nitrogen and oxygen atoms in total. The molecule has 0 saturated carbocycles. The van der Waals surface area contributed by atoms with E-state index >= 15 is 0 Å². The molecule has 0 radical (unpaired) electrons. The molecular weight excluding hydrogens is 304 g/mol. The van der Waals surface area contributed by atoms with Gasteiger partial charge in [0, 0.05) is 19.3 Å². The van der Waals surface area contributed by atoms with Gasteiger partial charge in [-0.25, -0.2) is 19.3 Å². The van der Waals surface area contributed by atoms with Gasteiger partial charge in [0.15, 0.2) is 5.65 Å². The van der Waals surface area contributed by atoms with Gasteiger partial charge < -0.3 is 4.90 Å². The topological polar surface area (TPSA) is 77.5 Å². The molecule has 24 heavy (non-hydrogen) atoms. The van der Waals surface area contributed by atoms with Gasteiger partial charge in [0.2, 0.25) is 0 Å². The summed E-state index contributed by atoms with van der Waals surface area (Å²) in [5.74, 6) is 0.979. The van der Waals surface area contributed by atoms with Crippen molar-refractivity contribution in [2.75, 3.05) is 18.0 Å². The van der Waals surface area contributed by atoms with Gasteiger partial charge >= 0.3 is 0 Å².